The zero-order valence-electron chi connectivity index (χ0n) is 10.3. The lowest BCUT2D eigenvalue weighted by Crippen LogP contribution is -2.24. The molecular weight excluding hydrogens is 250 g/mol. The minimum atomic E-state index is -0.749. The average molecular weight is 266 g/mol. The molecule has 0 aliphatic carbocycles. The molecule has 0 radical (unpaired) electrons. The number of aliphatic carboxylic acids is 1. The first-order chi connectivity index (χ1) is 8.61. The van der Waals surface area contributed by atoms with Gasteiger partial charge in [-0.2, -0.15) is 0 Å². The van der Waals surface area contributed by atoms with Gasteiger partial charge in [0.2, 0.25) is 0 Å². The van der Waals surface area contributed by atoms with E-state index in [4.69, 9.17) is 16.7 Å². The Balaban J connectivity index is 2.24. The van der Waals surface area contributed by atoms with Gasteiger partial charge in [0, 0.05) is 30.2 Å². The smallest absolute Gasteiger partial charge is 0.304 e. The third kappa shape index (κ3) is 2.67. The standard InChI is InChI=1S/C14H16ClNO2/c1-10(7-15)8-16-9-11(6-14(17)18)12-4-2-3-5-13(12)16/h2-5,7,11H,6,8-9H2,1H3,(H,17,18)/b10-7-. The van der Waals surface area contributed by atoms with Crippen molar-refractivity contribution >= 4 is 23.3 Å². The van der Waals surface area contributed by atoms with E-state index in [0.717, 1.165) is 29.9 Å². The summed E-state index contributed by atoms with van der Waals surface area (Å²) in [6.07, 6.45) is 0.178. The second-order valence-corrected chi connectivity index (χ2v) is 4.91. The summed E-state index contributed by atoms with van der Waals surface area (Å²) in [6.45, 7) is 3.46. The van der Waals surface area contributed by atoms with E-state index in [1.54, 1.807) is 5.54 Å². The summed E-state index contributed by atoms with van der Waals surface area (Å²) in [5.41, 5.74) is 4.90. The lowest BCUT2D eigenvalue weighted by molar-refractivity contribution is -0.137. The molecule has 1 aliphatic heterocycles. The van der Waals surface area contributed by atoms with E-state index in [1.165, 1.54) is 0 Å². The van der Waals surface area contributed by atoms with Crippen molar-refractivity contribution in [1.82, 2.24) is 0 Å². The molecule has 0 amide bonds. The summed E-state index contributed by atoms with van der Waals surface area (Å²) >= 11 is 5.70. The zero-order chi connectivity index (χ0) is 13.1. The van der Waals surface area contributed by atoms with Crippen molar-refractivity contribution in [3.05, 3.63) is 40.9 Å². The molecule has 1 aromatic rings. The van der Waals surface area contributed by atoms with E-state index in [-0.39, 0.29) is 12.3 Å². The number of benzene rings is 1. The van der Waals surface area contributed by atoms with E-state index in [1.807, 2.05) is 31.2 Å². The van der Waals surface area contributed by atoms with Crippen molar-refractivity contribution in [2.75, 3.05) is 18.0 Å². The Bertz CT molecular complexity index is 484. The fourth-order valence-electron chi connectivity index (χ4n) is 2.45. The van der Waals surface area contributed by atoms with Crippen LogP contribution in [0, 0.1) is 0 Å². The monoisotopic (exact) mass is 265 g/mol. The topological polar surface area (TPSA) is 40.5 Å². The van der Waals surface area contributed by atoms with Gasteiger partial charge in [-0.3, -0.25) is 4.79 Å². The number of halogens is 1. The Hall–Kier alpha value is -1.48. The molecule has 2 rings (SSSR count). The van der Waals surface area contributed by atoms with Crippen LogP contribution in [0.5, 0.6) is 0 Å². The summed E-state index contributed by atoms with van der Waals surface area (Å²) in [5, 5.41) is 8.96. The van der Waals surface area contributed by atoms with Crippen LogP contribution >= 0.6 is 11.6 Å². The first-order valence-electron chi connectivity index (χ1n) is 5.93. The molecule has 0 bridgehead atoms. The molecule has 0 saturated heterocycles. The molecule has 18 heavy (non-hydrogen) atoms. The predicted octanol–water partition coefficient (Wildman–Crippen LogP) is 3.21. The molecule has 4 heteroatoms. The van der Waals surface area contributed by atoms with Crippen LogP contribution in [-0.4, -0.2) is 24.2 Å². The van der Waals surface area contributed by atoms with Gasteiger partial charge in [0.1, 0.15) is 0 Å². The Morgan fingerprint density at radius 3 is 2.94 bits per heavy atom. The molecule has 3 nitrogen and oxygen atoms in total. The molecule has 0 spiro atoms. The van der Waals surface area contributed by atoms with Crippen molar-refractivity contribution in [3.63, 3.8) is 0 Å². The van der Waals surface area contributed by atoms with E-state index in [0.29, 0.717) is 0 Å². The van der Waals surface area contributed by atoms with Gasteiger partial charge in [-0.15, -0.1) is 0 Å². The highest BCUT2D eigenvalue weighted by molar-refractivity contribution is 6.25. The third-order valence-corrected chi connectivity index (χ3v) is 3.58. The number of hydrogen-bond donors (Lipinski definition) is 1. The van der Waals surface area contributed by atoms with Crippen LogP contribution in [0.3, 0.4) is 0 Å². The van der Waals surface area contributed by atoms with Crippen LogP contribution in [0.1, 0.15) is 24.8 Å². The second kappa shape index (κ2) is 5.44. The second-order valence-electron chi connectivity index (χ2n) is 4.69. The average Bonchev–Trinajstić information content (AvgIpc) is 2.67. The minimum absolute atomic E-state index is 0.0711. The Morgan fingerprint density at radius 1 is 1.56 bits per heavy atom. The predicted molar refractivity (Wildman–Crippen MR) is 73.3 cm³/mol. The van der Waals surface area contributed by atoms with Gasteiger partial charge in [0.05, 0.1) is 6.42 Å². The number of fused-ring (bicyclic) bond motifs is 1. The minimum Gasteiger partial charge on any atom is -0.481 e. The van der Waals surface area contributed by atoms with Crippen LogP contribution < -0.4 is 4.90 Å². The molecule has 96 valence electrons. The first kappa shape index (κ1) is 13.0. The fourth-order valence-corrected chi connectivity index (χ4v) is 2.52. The summed E-state index contributed by atoms with van der Waals surface area (Å²) in [6, 6.07) is 8.00. The number of anilines is 1. The maximum absolute atomic E-state index is 10.9. The van der Waals surface area contributed by atoms with Crippen LogP contribution in [-0.2, 0) is 4.79 Å². The van der Waals surface area contributed by atoms with Gasteiger partial charge in [0.15, 0.2) is 0 Å². The Labute approximate surface area is 112 Å². The van der Waals surface area contributed by atoms with E-state index in [2.05, 4.69) is 4.90 Å². The summed E-state index contributed by atoms with van der Waals surface area (Å²) in [5.74, 6) is -0.678. The summed E-state index contributed by atoms with van der Waals surface area (Å²) in [4.78, 5) is 13.1. The molecule has 1 atom stereocenters. The third-order valence-electron chi connectivity index (χ3n) is 3.21. The highest BCUT2D eigenvalue weighted by Gasteiger charge is 2.29. The lowest BCUT2D eigenvalue weighted by atomic mass is 9.98. The van der Waals surface area contributed by atoms with Crippen molar-refractivity contribution in [2.45, 2.75) is 19.3 Å². The number of carboxylic acids is 1. The SMILES string of the molecule is C/C(=C/Cl)CN1CC(CC(=O)O)c2ccccc21. The van der Waals surface area contributed by atoms with Crippen LogP contribution in [0.4, 0.5) is 5.69 Å². The molecule has 1 N–H and O–H groups in total. The van der Waals surface area contributed by atoms with Gasteiger partial charge in [-0.05, 0) is 24.1 Å². The van der Waals surface area contributed by atoms with Gasteiger partial charge >= 0.3 is 5.97 Å². The molecule has 0 aromatic heterocycles. The zero-order valence-corrected chi connectivity index (χ0v) is 11.0. The van der Waals surface area contributed by atoms with Gasteiger partial charge in [-0.1, -0.05) is 29.8 Å². The molecule has 1 heterocycles. The molecule has 1 aliphatic rings. The summed E-state index contributed by atoms with van der Waals surface area (Å²) < 4.78 is 0. The molecule has 0 saturated carbocycles. The van der Waals surface area contributed by atoms with Gasteiger partial charge in [-0.25, -0.2) is 0 Å². The van der Waals surface area contributed by atoms with E-state index < -0.39 is 5.97 Å². The maximum Gasteiger partial charge on any atom is 0.304 e. The molecular formula is C14H16ClNO2. The molecule has 1 aromatic carbocycles. The fraction of sp³-hybridized carbons (Fsp3) is 0.357. The van der Waals surface area contributed by atoms with Crippen LogP contribution in [0.15, 0.2) is 35.4 Å². The van der Waals surface area contributed by atoms with Crippen molar-refractivity contribution < 1.29 is 9.90 Å². The largest absolute Gasteiger partial charge is 0.481 e. The number of para-hydroxylation sites is 1. The van der Waals surface area contributed by atoms with E-state index in [9.17, 15) is 4.79 Å². The lowest BCUT2D eigenvalue weighted by Gasteiger charge is -2.19. The van der Waals surface area contributed by atoms with Crippen molar-refractivity contribution in [2.24, 2.45) is 0 Å². The Kier molecular flexibility index (Phi) is 3.92. The number of carbonyl (C=O) groups is 1. The van der Waals surface area contributed by atoms with Crippen molar-refractivity contribution in [3.8, 4) is 0 Å². The summed E-state index contributed by atoms with van der Waals surface area (Å²) in [7, 11) is 0. The maximum atomic E-state index is 10.9. The molecule has 1 unspecified atom stereocenters. The number of hydrogen-bond acceptors (Lipinski definition) is 2. The van der Waals surface area contributed by atoms with Crippen LogP contribution in [0.25, 0.3) is 0 Å². The number of rotatable bonds is 4. The quantitative estimate of drug-likeness (QED) is 0.909. The highest BCUT2D eigenvalue weighted by Crippen LogP contribution is 2.38. The van der Waals surface area contributed by atoms with Gasteiger partial charge < -0.3 is 10.0 Å². The number of carboxylic acid groups (broad SMARTS) is 1. The van der Waals surface area contributed by atoms with Crippen LogP contribution in [0.2, 0.25) is 0 Å². The molecule has 0 fully saturated rings. The highest BCUT2D eigenvalue weighted by atomic mass is 35.5. The normalized spacial score (nSPS) is 18.9. The van der Waals surface area contributed by atoms with Gasteiger partial charge in [0.25, 0.3) is 0 Å². The van der Waals surface area contributed by atoms with Crippen molar-refractivity contribution in [1.29, 1.82) is 0 Å². The first-order valence-corrected chi connectivity index (χ1v) is 6.37. The van der Waals surface area contributed by atoms with E-state index >= 15 is 0 Å². The Morgan fingerprint density at radius 2 is 2.28 bits per heavy atom. The number of nitrogens with zero attached hydrogens (tertiary/aromatic N) is 1.